The Morgan fingerprint density at radius 2 is 0.741 bits per heavy atom. The molecule has 0 heterocycles. The van der Waals surface area contributed by atoms with Crippen LogP contribution in [-0.2, 0) is 0 Å². The van der Waals surface area contributed by atoms with Gasteiger partial charge in [-0.1, -0.05) is 0 Å². The molecular formula is C24H18Cl2Sn. The van der Waals surface area contributed by atoms with Gasteiger partial charge in [0, 0.05) is 0 Å². The van der Waals surface area contributed by atoms with E-state index in [0.717, 1.165) is 29.4 Å². The van der Waals surface area contributed by atoms with Crippen LogP contribution in [0.2, 0.25) is 0 Å². The van der Waals surface area contributed by atoms with Gasteiger partial charge in [-0.25, -0.2) is 0 Å². The molecule has 0 fully saturated rings. The van der Waals surface area contributed by atoms with Gasteiger partial charge in [0.15, 0.2) is 0 Å². The molecule has 0 radical (unpaired) electrons. The van der Waals surface area contributed by atoms with Crippen molar-refractivity contribution in [3.05, 3.63) is 109 Å². The molecule has 0 amide bonds. The van der Waals surface area contributed by atoms with Gasteiger partial charge in [-0.05, 0) is 0 Å². The Morgan fingerprint density at radius 3 is 1.15 bits per heavy atom. The molecule has 0 atom stereocenters. The number of benzene rings is 4. The third-order valence-corrected chi connectivity index (χ3v) is 16.5. The Bertz CT molecular complexity index is 959. The fraction of sp³-hybridized carbons (Fsp3) is 0. The monoisotopic (exact) mass is 496 g/mol. The van der Waals surface area contributed by atoms with Crippen LogP contribution in [0.25, 0.3) is 22.3 Å². The molecule has 0 aromatic heterocycles. The molecule has 0 N–H and O–H groups in total. The van der Waals surface area contributed by atoms with Crippen LogP contribution in [0.4, 0.5) is 0 Å². The van der Waals surface area contributed by atoms with Crippen molar-refractivity contribution in [1.82, 2.24) is 0 Å². The van der Waals surface area contributed by atoms with Crippen LogP contribution in [-0.4, -0.2) is 16.1 Å². The van der Waals surface area contributed by atoms with Gasteiger partial charge in [-0.2, -0.15) is 0 Å². The van der Waals surface area contributed by atoms with E-state index in [0.29, 0.717) is 0 Å². The van der Waals surface area contributed by atoms with E-state index >= 15 is 0 Å². The van der Waals surface area contributed by atoms with E-state index in [4.69, 9.17) is 17.8 Å². The summed E-state index contributed by atoms with van der Waals surface area (Å²) < 4.78 is 2.18. The van der Waals surface area contributed by atoms with Gasteiger partial charge in [0.2, 0.25) is 0 Å². The average Bonchev–Trinajstić information content (AvgIpc) is 2.75. The Labute approximate surface area is 171 Å². The normalized spacial score (nSPS) is 11.3. The second kappa shape index (κ2) is 8.10. The van der Waals surface area contributed by atoms with Crippen LogP contribution in [0.5, 0.6) is 0 Å². The van der Waals surface area contributed by atoms with E-state index in [9.17, 15) is 0 Å². The molecule has 0 saturated carbocycles. The SMILES string of the molecule is [Cl][Sn]([Cl])([c]1ccccc1-c1ccccc1)[c]1ccccc1-c1ccccc1. The fourth-order valence-corrected chi connectivity index (χ4v) is 13.6. The summed E-state index contributed by atoms with van der Waals surface area (Å²) in [4.78, 5) is 0. The standard InChI is InChI=1S/2C12H9.2ClH.Sn/c2*1-3-7-11(8-4-1)12-9-5-2-6-10-12;;;/h2*1-9H;2*1H;/q;;;;+2/p-2. The number of hydrogen-bond donors (Lipinski definition) is 0. The predicted molar refractivity (Wildman–Crippen MR) is 120 cm³/mol. The molecule has 0 bridgehead atoms. The van der Waals surface area contributed by atoms with Crippen molar-refractivity contribution in [1.29, 1.82) is 0 Å². The van der Waals surface area contributed by atoms with E-state index in [1.807, 2.05) is 60.7 Å². The zero-order valence-electron chi connectivity index (χ0n) is 14.6. The average molecular weight is 496 g/mol. The number of halogens is 2. The van der Waals surface area contributed by atoms with Crippen molar-refractivity contribution in [3.63, 3.8) is 0 Å². The molecular weight excluding hydrogens is 478 g/mol. The Morgan fingerprint density at radius 1 is 0.407 bits per heavy atom. The molecule has 4 aromatic carbocycles. The molecule has 0 aliphatic carbocycles. The van der Waals surface area contributed by atoms with Gasteiger partial charge in [0.05, 0.1) is 0 Å². The van der Waals surface area contributed by atoms with Gasteiger partial charge < -0.3 is 0 Å². The Balaban J connectivity index is 1.90. The van der Waals surface area contributed by atoms with Crippen molar-refractivity contribution in [2.45, 2.75) is 0 Å². The first-order valence-electron chi connectivity index (χ1n) is 8.85. The van der Waals surface area contributed by atoms with Gasteiger partial charge in [-0.15, -0.1) is 0 Å². The van der Waals surface area contributed by atoms with Crippen molar-refractivity contribution < 1.29 is 0 Å². The van der Waals surface area contributed by atoms with E-state index in [-0.39, 0.29) is 0 Å². The molecule has 0 aliphatic heterocycles. The Kier molecular flexibility index (Phi) is 5.58. The summed E-state index contributed by atoms with van der Waals surface area (Å²) in [6, 6.07) is 37.2. The maximum atomic E-state index is 7.27. The molecule has 4 aromatic rings. The summed E-state index contributed by atoms with van der Waals surface area (Å²) in [5.74, 6) is 0. The summed E-state index contributed by atoms with van der Waals surface area (Å²) in [5.41, 5.74) is 4.55. The molecule has 0 unspecified atom stereocenters. The first-order chi connectivity index (χ1) is 13.2. The summed E-state index contributed by atoms with van der Waals surface area (Å²) in [5, 5.41) is 0. The fourth-order valence-electron chi connectivity index (χ4n) is 3.40. The van der Waals surface area contributed by atoms with Crippen molar-refractivity contribution in [2.24, 2.45) is 0 Å². The van der Waals surface area contributed by atoms with Crippen LogP contribution in [0.15, 0.2) is 109 Å². The molecule has 0 aliphatic rings. The van der Waals surface area contributed by atoms with Crippen LogP contribution in [0.3, 0.4) is 0 Å². The molecule has 3 heteroatoms. The predicted octanol–water partition coefficient (Wildman–Crippen LogP) is 6.05. The quantitative estimate of drug-likeness (QED) is 0.302. The van der Waals surface area contributed by atoms with Crippen molar-refractivity contribution >= 4 is 41.1 Å². The number of rotatable bonds is 4. The van der Waals surface area contributed by atoms with Gasteiger partial charge in [0.1, 0.15) is 0 Å². The van der Waals surface area contributed by atoms with E-state index < -0.39 is 16.1 Å². The first kappa shape index (κ1) is 18.6. The van der Waals surface area contributed by atoms with Crippen LogP contribution in [0.1, 0.15) is 0 Å². The van der Waals surface area contributed by atoms with Crippen molar-refractivity contribution in [2.75, 3.05) is 0 Å². The summed E-state index contributed by atoms with van der Waals surface area (Å²) in [6.07, 6.45) is 0. The van der Waals surface area contributed by atoms with Crippen LogP contribution < -0.4 is 7.16 Å². The Hall–Kier alpha value is -1.74. The summed E-state index contributed by atoms with van der Waals surface area (Å²) in [6.45, 7) is 0. The molecule has 27 heavy (non-hydrogen) atoms. The number of hydrogen-bond acceptors (Lipinski definition) is 0. The van der Waals surface area contributed by atoms with Crippen LogP contribution in [0, 0.1) is 0 Å². The van der Waals surface area contributed by atoms with Gasteiger partial charge in [-0.3, -0.25) is 0 Å². The van der Waals surface area contributed by atoms with Crippen LogP contribution >= 0.6 is 17.8 Å². The topological polar surface area (TPSA) is 0 Å². The summed E-state index contributed by atoms with van der Waals surface area (Å²) >= 11 is -3.88. The van der Waals surface area contributed by atoms with Crippen molar-refractivity contribution in [3.8, 4) is 22.3 Å². The van der Waals surface area contributed by atoms with E-state index in [2.05, 4.69) is 48.5 Å². The van der Waals surface area contributed by atoms with E-state index in [1.54, 1.807) is 0 Å². The second-order valence-electron chi connectivity index (χ2n) is 6.40. The zero-order valence-corrected chi connectivity index (χ0v) is 19.0. The second-order valence-corrected chi connectivity index (χ2v) is 21.7. The first-order valence-corrected chi connectivity index (χ1v) is 18.9. The minimum absolute atomic E-state index is 1.09. The maximum absolute atomic E-state index is 7.27. The molecule has 132 valence electrons. The summed E-state index contributed by atoms with van der Waals surface area (Å²) in [7, 11) is 14.5. The zero-order chi connectivity index (χ0) is 18.7. The third-order valence-electron chi connectivity index (χ3n) is 4.70. The van der Waals surface area contributed by atoms with E-state index in [1.165, 1.54) is 0 Å². The third kappa shape index (κ3) is 3.80. The van der Waals surface area contributed by atoms with Gasteiger partial charge in [0.25, 0.3) is 0 Å². The molecule has 0 saturated heterocycles. The molecule has 4 rings (SSSR count). The molecule has 0 nitrogen and oxygen atoms in total. The minimum atomic E-state index is -3.88. The molecule has 0 spiro atoms. The van der Waals surface area contributed by atoms with Gasteiger partial charge >= 0.3 is 173 Å².